The molecule has 0 radical (unpaired) electrons. The molecule has 1 saturated heterocycles. The minimum Gasteiger partial charge on any atom is -0.392 e. The molecule has 0 bridgehead atoms. The standard InChI is InChI=1S/C9H14F2N2O3/c1-2-9(10,11)13-8(16)6-5(14)3-4-12-7(6)15/h5-6,14H,2-4H2,1H3,(H,12,15)(H,13,16). The Morgan fingerprint density at radius 3 is 2.81 bits per heavy atom. The van der Waals surface area contributed by atoms with E-state index in [1.165, 1.54) is 12.2 Å². The molecule has 92 valence electrons. The third-order valence-corrected chi connectivity index (χ3v) is 2.44. The van der Waals surface area contributed by atoms with Crippen LogP contribution in [0.15, 0.2) is 0 Å². The fourth-order valence-corrected chi connectivity index (χ4v) is 1.43. The topological polar surface area (TPSA) is 78.4 Å². The molecule has 1 heterocycles. The highest BCUT2D eigenvalue weighted by atomic mass is 19.3. The third kappa shape index (κ3) is 2.88. The van der Waals surface area contributed by atoms with Crippen LogP contribution in [0.3, 0.4) is 0 Å². The van der Waals surface area contributed by atoms with Crippen LogP contribution in [0.25, 0.3) is 0 Å². The lowest BCUT2D eigenvalue weighted by atomic mass is 9.94. The van der Waals surface area contributed by atoms with Gasteiger partial charge < -0.3 is 10.4 Å². The molecule has 0 aromatic rings. The van der Waals surface area contributed by atoms with Crippen molar-refractivity contribution in [3.63, 3.8) is 0 Å². The van der Waals surface area contributed by atoms with E-state index >= 15 is 0 Å². The summed E-state index contributed by atoms with van der Waals surface area (Å²) in [4.78, 5) is 22.6. The summed E-state index contributed by atoms with van der Waals surface area (Å²) in [5.74, 6) is -3.31. The number of halogens is 2. The van der Waals surface area contributed by atoms with Crippen molar-refractivity contribution in [2.75, 3.05) is 6.54 Å². The average molecular weight is 236 g/mol. The second-order valence-corrected chi connectivity index (χ2v) is 3.67. The molecule has 3 N–H and O–H groups in total. The number of amides is 2. The highest BCUT2D eigenvalue weighted by molar-refractivity contribution is 6.01. The van der Waals surface area contributed by atoms with Crippen molar-refractivity contribution in [1.29, 1.82) is 0 Å². The van der Waals surface area contributed by atoms with Crippen LogP contribution >= 0.6 is 0 Å². The first-order chi connectivity index (χ1) is 7.37. The summed E-state index contributed by atoms with van der Waals surface area (Å²) in [6.07, 6.45) is -1.59. The molecule has 0 aromatic heterocycles. The van der Waals surface area contributed by atoms with Gasteiger partial charge in [0.05, 0.1) is 6.10 Å². The quantitative estimate of drug-likeness (QED) is 0.461. The number of hydrogen-bond donors (Lipinski definition) is 3. The van der Waals surface area contributed by atoms with E-state index in [9.17, 15) is 23.5 Å². The van der Waals surface area contributed by atoms with E-state index in [0.29, 0.717) is 0 Å². The molecule has 0 aliphatic carbocycles. The fourth-order valence-electron chi connectivity index (χ4n) is 1.43. The van der Waals surface area contributed by atoms with E-state index in [-0.39, 0.29) is 13.0 Å². The average Bonchev–Trinajstić information content (AvgIpc) is 2.16. The normalized spacial score (nSPS) is 26.1. The van der Waals surface area contributed by atoms with Crippen LogP contribution in [0.5, 0.6) is 0 Å². The maximum atomic E-state index is 12.9. The Morgan fingerprint density at radius 2 is 2.31 bits per heavy atom. The molecule has 5 nitrogen and oxygen atoms in total. The summed E-state index contributed by atoms with van der Waals surface area (Å²) < 4.78 is 25.7. The van der Waals surface area contributed by atoms with Crippen molar-refractivity contribution >= 4 is 11.8 Å². The maximum absolute atomic E-state index is 12.9. The minimum atomic E-state index is -3.35. The van der Waals surface area contributed by atoms with Gasteiger partial charge in [-0.25, -0.2) is 0 Å². The molecule has 2 unspecified atom stereocenters. The first-order valence-corrected chi connectivity index (χ1v) is 5.03. The number of aliphatic hydroxyl groups is 1. The van der Waals surface area contributed by atoms with Crippen molar-refractivity contribution in [2.45, 2.75) is 31.9 Å². The first kappa shape index (κ1) is 12.8. The molecule has 1 aliphatic heterocycles. The van der Waals surface area contributed by atoms with Crippen molar-refractivity contribution < 1.29 is 23.5 Å². The van der Waals surface area contributed by atoms with Crippen LogP contribution < -0.4 is 10.6 Å². The maximum Gasteiger partial charge on any atom is 0.325 e. The predicted octanol–water partition coefficient (Wildman–Crippen LogP) is -0.398. The summed E-state index contributed by atoms with van der Waals surface area (Å²) in [7, 11) is 0. The number of hydrogen-bond acceptors (Lipinski definition) is 3. The first-order valence-electron chi connectivity index (χ1n) is 5.03. The summed E-state index contributed by atoms with van der Waals surface area (Å²) >= 11 is 0. The lowest BCUT2D eigenvalue weighted by Gasteiger charge is -2.27. The van der Waals surface area contributed by atoms with Gasteiger partial charge in [0.1, 0.15) is 5.92 Å². The van der Waals surface area contributed by atoms with E-state index in [4.69, 9.17) is 0 Å². The van der Waals surface area contributed by atoms with E-state index in [1.807, 2.05) is 0 Å². The Morgan fingerprint density at radius 1 is 1.69 bits per heavy atom. The van der Waals surface area contributed by atoms with Gasteiger partial charge in [-0.05, 0) is 6.42 Å². The molecule has 0 spiro atoms. The number of alkyl halides is 2. The van der Waals surface area contributed by atoms with Crippen LogP contribution in [0.2, 0.25) is 0 Å². The number of piperidine rings is 1. The number of rotatable bonds is 3. The van der Waals surface area contributed by atoms with Crippen LogP contribution in [0, 0.1) is 5.92 Å². The molecule has 0 saturated carbocycles. The smallest absolute Gasteiger partial charge is 0.325 e. The molecule has 1 rings (SSSR count). The number of nitrogens with one attached hydrogen (secondary N) is 2. The van der Waals surface area contributed by atoms with Gasteiger partial charge in [-0.3, -0.25) is 14.9 Å². The van der Waals surface area contributed by atoms with Crippen LogP contribution in [-0.2, 0) is 9.59 Å². The zero-order valence-electron chi connectivity index (χ0n) is 8.80. The van der Waals surface area contributed by atoms with Gasteiger partial charge >= 0.3 is 6.05 Å². The Bertz CT molecular complexity index is 296. The zero-order valence-corrected chi connectivity index (χ0v) is 8.80. The van der Waals surface area contributed by atoms with Gasteiger partial charge in [-0.1, -0.05) is 6.92 Å². The highest BCUT2D eigenvalue weighted by Crippen LogP contribution is 2.18. The molecule has 0 aromatic carbocycles. The SMILES string of the molecule is CCC(F)(F)NC(=O)C1C(=O)NCCC1O. The van der Waals surface area contributed by atoms with Crippen LogP contribution in [-0.4, -0.2) is 35.6 Å². The van der Waals surface area contributed by atoms with Gasteiger partial charge in [0, 0.05) is 13.0 Å². The number of carbonyl (C=O) groups is 2. The minimum absolute atomic E-state index is 0.182. The fraction of sp³-hybridized carbons (Fsp3) is 0.778. The van der Waals surface area contributed by atoms with Crippen molar-refractivity contribution in [3.05, 3.63) is 0 Å². The van der Waals surface area contributed by atoms with Gasteiger partial charge in [-0.15, -0.1) is 0 Å². The van der Waals surface area contributed by atoms with Crippen molar-refractivity contribution in [1.82, 2.24) is 10.6 Å². The molecule has 7 heteroatoms. The zero-order chi connectivity index (χ0) is 12.3. The monoisotopic (exact) mass is 236 g/mol. The third-order valence-electron chi connectivity index (χ3n) is 2.44. The molecule has 16 heavy (non-hydrogen) atoms. The Kier molecular flexibility index (Phi) is 3.79. The molecule has 1 aliphatic rings. The molecular formula is C9H14F2N2O3. The molecular weight excluding hydrogens is 222 g/mol. The second kappa shape index (κ2) is 4.73. The summed E-state index contributed by atoms with van der Waals surface area (Å²) in [5.41, 5.74) is 0. The summed E-state index contributed by atoms with van der Waals surface area (Å²) in [5, 5.41) is 13.2. The van der Waals surface area contributed by atoms with Crippen molar-refractivity contribution in [2.24, 2.45) is 5.92 Å². The molecule has 2 atom stereocenters. The van der Waals surface area contributed by atoms with E-state index in [2.05, 4.69) is 5.32 Å². The molecule has 2 amide bonds. The van der Waals surface area contributed by atoms with E-state index in [1.54, 1.807) is 0 Å². The molecule has 1 fully saturated rings. The Hall–Kier alpha value is -1.24. The van der Waals surface area contributed by atoms with E-state index in [0.717, 1.165) is 0 Å². The van der Waals surface area contributed by atoms with Crippen molar-refractivity contribution in [3.8, 4) is 0 Å². The summed E-state index contributed by atoms with van der Waals surface area (Å²) in [6.45, 7) is 1.45. The largest absolute Gasteiger partial charge is 0.392 e. The Labute approximate surface area is 91.2 Å². The van der Waals surface area contributed by atoms with Gasteiger partial charge in [0.15, 0.2) is 0 Å². The number of carbonyl (C=O) groups excluding carboxylic acids is 2. The summed E-state index contributed by atoms with van der Waals surface area (Å²) in [6, 6.07) is -3.35. The Balaban J connectivity index is 2.68. The van der Waals surface area contributed by atoms with E-state index < -0.39 is 36.3 Å². The lowest BCUT2D eigenvalue weighted by Crippen LogP contribution is -2.55. The van der Waals surface area contributed by atoms with Crippen LogP contribution in [0.1, 0.15) is 19.8 Å². The van der Waals surface area contributed by atoms with Gasteiger partial charge in [0.2, 0.25) is 11.8 Å². The van der Waals surface area contributed by atoms with Gasteiger partial charge in [0.25, 0.3) is 0 Å². The predicted molar refractivity (Wildman–Crippen MR) is 50.5 cm³/mol. The number of aliphatic hydroxyl groups excluding tert-OH is 1. The van der Waals surface area contributed by atoms with Gasteiger partial charge in [-0.2, -0.15) is 8.78 Å². The second-order valence-electron chi connectivity index (χ2n) is 3.67. The van der Waals surface area contributed by atoms with Crippen LogP contribution in [0.4, 0.5) is 8.78 Å². The highest BCUT2D eigenvalue weighted by Gasteiger charge is 2.40. The lowest BCUT2D eigenvalue weighted by molar-refractivity contribution is -0.149.